The van der Waals surface area contributed by atoms with Gasteiger partial charge in [0, 0.05) is 19.1 Å². The van der Waals surface area contributed by atoms with Crippen molar-refractivity contribution in [3.05, 3.63) is 0 Å². The molecule has 3 unspecified atom stereocenters. The van der Waals surface area contributed by atoms with Crippen LogP contribution in [0.3, 0.4) is 0 Å². The predicted molar refractivity (Wildman–Crippen MR) is 54.9 cm³/mol. The zero-order valence-electron chi connectivity index (χ0n) is 8.69. The molecule has 0 aromatic carbocycles. The first-order valence-corrected chi connectivity index (χ1v) is 5.90. The van der Waals surface area contributed by atoms with Gasteiger partial charge in [-0.1, -0.05) is 0 Å². The molecule has 2 saturated heterocycles. The Morgan fingerprint density at radius 1 is 1.29 bits per heavy atom. The fourth-order valence-corrected chi connectivity index (χ4v) is 3.19. The standard InChI is InChI=1S/C11H20N2O/c12-8-2-1-3-13(4-8)5-9-10-6-14-7-11(9)10/h8-11H,1-7,12H2. The van der Waals surface area contributed by atoms with Crippen LogP contribution in [0.2, 0.25) is 0 Å². The smallest absolute Gasteiger partial charge is 0.0501 e. The molecule has 80 valence electrons. The van der Waals surface area contributed by atoms with Crippen molar-refractivity contribution in [1.82, 2.24) is 4.90 Å². The SMILES string of the molecule is NC1CCCN(CC2C3COCC32)C1. The third-order valence-electron chi connectivity index (χ3n) is 4.14. The predicted octanol–water partition coefficient (Wildman–Crippen LogP) is 0.302. The molecular formula is C11H20N2O. The number of ether oxygens (including phenoxy) is 1. The van der Waals surface area contributed by atoms with E-state index in [1.165, 1.54) is 25.9 Å². The fourth-order valence-electron chi connectivity index (χ4n) is 3.19. The average molecular weight is 196 g/mol. The van der Waals surface area contributed by atoms with Crippen LogP contribution in [-0.4, -0.2) is 43.8 Å². The summed E-state index contributed by atoms with van der Waals surface area (Å²) in [6.07, 6.45) is 2.51. The van der Waals surface area contributed by atoms with Crippen LogP contribution in [-0.2, 0) is 4.74 Å². The Balaban J connectivity index is 1.48. The molecular weight excluding hydrogens is 176 g/mol. The lowest BCUT2D eigenvalue weighted by molar-refractivity contribution is 0.130. The van der Waals surface area contributed by atoms with Gasteiger partial charge in [-0.05, 0) is 37.1 Å². The van der Waals surface area contributed by atoms with Crippen LogP contribution in [0, 0.1) is 17.8 Å². The summed E-state index contributed by atoms with van der Waals surface area (Å²) >= 11 is 0. The first-order chi connectivity index (χ1) is 6.84. The van der Waals surface area contributed by atoms with Gasteiger partial charge in [-0.25, -0.2) is 0 Å². The van der Waals surface area contributed by atoms with E-state index < -0.39 is 0 Å². The highest BCUT2D eigenvalue weighted by molar-refractivity contribution is 5.01. The minimum Gasteiger partial charge on any atom is -0.381 e. The molecule has 0 amide bonds. The second kappa shape index (κ2) is 3.47. The molecule has 14 heavy (non-hydrogen) atoms. The number of nitrogens with zero attached hydrogens (tertiary/aromatic N) is 1. The fraction of sp³-hybridized carbons (Fsp3) is 1.00. The van der Waals surface area contributed by atoms with Crippen molar-refractivity contribution in [3.63, 3.8) is 0 Å². The maximum absolute atomic E-state index is 5.97. The van der Waals surface area contributed by atoms with E-state index in [4.69, 9.17) is 10.5 Å². The molecule has 3 atom stereocenters. The van der Waals surface area contributed by atoms with Crippen molar-refractivity contribution in [2.45, 2.75) is 18.9 Å². The van der Waals surface area contributed by atoms with Crippen molar-refractivity contribution in [3.8, 4) is 0 Å². The molecule has 0 radical (unpaired) electrons. The molecule has 1 aliphatic carbocycles. The van der Waals surface area contributed by atoms with Crippen molar-refractivity contribution in [1.29, 1.82) is 0 Å². The van der Waals surface area contributed by atoms with Gasteiger partial charge in [0.25, 0.3) is 0 Å². The van der Waals surface area contributed by atoms with E-state index in [-0.39, 0.29) is 0 Å². The first kappa shape index (κ1) is 9.13. The Labute approximate surface area is 85.6 Å². The van der Waals surface area contributed by atoms with E-state index in [0.717, 1.165) is 37.5 Å². The van der Waals surface area contributed by atoms with Gasteiger partial charge in [-0.15, -0.1) is 0 Å². The molecule has 3 fully saturated rings. The van der Waals surface area contributed by atoms with Crippen LogP contribution in [0.4, 0.5) is 0 Å². The summed E-state index contributed by atoms with van der Waals surface area (Å²) in [4.78, 5) is 2.57. The van der Waals surface area contributed by atoms with E-state index >= 15 is 0 Å². The number of nitrogens with two attached hydrogens (primary N) is 1. The number of fused-ring (bicyclic) bond motifs is 1. The second-order valence-electron chi connectivity index (χ2n) is 5.19. The molecule has 0 spiro atoms. The zero-order chi connectivity index (χ0) is 9.54. The molecule has 2 N–H and O–H groups in total. The van der Waals surface area contributed by atoms with Gasteiger partial charge in [0.05, 0.1) is 13.2 Å². The quantitative estimate of drug-likeness (QED) is 0.690. The lowest BCUT2D eigenvalue weighted by Gasteiger charge is -2.31. The van der Waals surface area contributed by atoms with Crippen molar-refractivity contribution < 1.29 is 4.74 Å². The average Bonchev–Trinajstić information content (AvgIpc) is 2.62. The highest BCUT2D eigenvalue weighted by Gasteiger charge is 2.54. The summed E-state index contributed by atoms with van der Waals surface area (Å²) in [6.45, 7) is 5.72. The van der Waals surface area contributed by atoms with E-state index in [1.54, 1.807) is 0 Å². The Bertz CT molecular complexity index is 211. The minimum absolute atomic E-state index is 0.429. The van der Waals surface area contributed by atoms with E-state index in [1.807, 2.05) is 0 Å². The normalized spacial score (nSPS) is 47.8. The van der Waals surface area contributed by atoms with Gasteiger partial charge in [-0.3, -0.25) is 0 Å². The molecule has 0 bridgehead atoms. The Morgan fingerprint density at radius 3 is 2.79 bits per heavy atom. The topological polar surface area (TPSA) is 38.5 Å². The van der Waals surface area contributed by atoms with Gasteiger partial charge in [0.2, 0.25) is 0 Å². The van der Waals surface area contributed by atoms with Gasteiger partial charge in [0.15, 0.2) is 0 Å². The summed E-state index contributed by atoms with van der Waals surface area (Å²) in [5, 5.41) is 0. The Hall–Kier alpha value is -0.120. The molecule has 3 rings (SSSR count). The summed E-state index contributed by atoms with van der Waals surface area (Å²) in [7, 11) is 0. The Kier molecular flexibility index (Phi) is 2.26. The van der Waals surface area contributed by atoms with Crippen LogP contribution in [0.15, 0.2) is 0 Å². The van der Waals surface area contributed by atoms with Crippen LogP contribution < -0.4 is 5.73 Å². The maximum atomic E-state index is 5.97. The number of hydrogen-bond acceptors (Lipinski definition) is 3. The number of likely N-dealkylation sites (tertiary alicyclic amines) is 1. The van der Waals surface area contributed by atoms with Gasteiger partial charge < -0.3 is 15.4 Å². The molecule has 0 aromatic rings. The highest BCUT2D eigenvalue weighted by atomic mass is 16.5. The summed E-state index contributed by atoms with van der Waals surface area (Å²) < 4.78 is 5.40. The lowest BCUT2D eigenvalue weighted by Crippen LogP contribution is -2.43. The lowest BCUT2D eigenvalue weighted by atomic mass is 10.1. The number of hydrogen-bond donors (Lipinski definition) is 1. The molecule has 0 aromatic heterocycles. The number of rotatable bonds is 2. The first-order valence-electron chi connectivity index (χ1n) is 5.90. The van der Waals surface area contributed by atoms with Crippen LogP contribution in [0.25, 0.3) is 0 Å². The maximum Gasteiger partial charge on any atom is 0.0501 e. The van der Waals surface area contributed by atoms with Crippen molar-refractivity contribution >= 4 is 0 Å². The van der Waals surface area contributed by atoms with Gasteiger partial charge in [-0.2, -0.15) is 0 Å². The minimum atomic E-state index is 0.429. The third-order valence-corrected chi connectivity index (χ3v) is 4.14. The Morgan fingerprint density at radius 2 is 2.07 bits per heavy atom. The highest BCUT2D eigenvalue weighted by Crippen LogP contribution is 2.51. The van der Waals surface area contributed by atoms with E-state index in [2.05, 4.69) is 4.90 Å². The third kappa shape index (κ3) is 1.58. The zero-order valence-corrected chi connectivity index (χ0v) is 8.69. The summed E-state index contributed by atoms with van der Waals surface area (Å²) in [6, 6.07) is 0.429. The van der Waals surface area contributed by atoms with Crippen LogP contribution in [0.5, 0.6) is 0 Å². The molecule has 3 nitrogen and oxygen atoms in total. The molecule has 3 heteroatoms. The summed E-state index contributed by atoms with van der Waals surface area (Å²) in [5.41, 5.74) is 5.97. The second-order valence-corrected chi connectivity index (χ2v) is 5.19. The van der Waals surface area contributed by atoms with Gasteiger partial charge in [0.1, 0.15) is 0 Å². The number of piperidine rings is 1. The van der Waals surface area contributed by atoms with E-state index in [0.29, 0.717) is 6.04 Å². The molecule has 3 aliphatic rings. The van der Waals surface area contributed by atoms with Crippen molar-refractivity contribution in [2.24, 2.45) is 23.5 Å². The molecule has 1 saturated carbocycles. The van der Waals surface area contributed by atoms with Crippen LogP contribution in [0.1, 0.15) is 12.8 Å². The van der Waals surface area contributed by atoms with Gasteiger partial charge >= 0.3 is 0 Å². The van der Waals surface area contributed by atoms with E-state index in [9.17, 15) is 0 Å². The molecule has 2 heterocycles. The summed E-state index contributed by atoms with van der Waals surface area (Å²) in [5.74, 6) is 2.73. The molecule has 2 aliphatic heterocycles. The largest absolute Gasteiger partial charge is 0.381 e. The van der Waals surface area contributed by atoms with Crippen molar-refractivity contribution in [2.75, 3.05) is 32.8 Å². The van der Waals surface area contributed by atoms with Crippen LogP contribution >= 0.6 is 0 Å². The monoisotopic (exact) mass is 196 g/mol.